The molecule has 2 rings (SSSR count). The molecule has 2 heterocycles. The minimum atomic E-state index is -0.237. The smallest absolute Gasteiger partial charge is 0.262 e. The summed E-state index contributed by atoms with van der Waals surface area (Å²) < 4.78 is 0.365. The maximum atomic E-state index is 11.8. The van der Waals surface area contributed by atoms with Crippen LogP contribution in [0.1, 0.15) is 16.8 Å². The third kappa shape index (κ3) is 3.55. The second kappa shape index (κ2) is 6.18. The second-order valence-corrected chi connectivity index (χ2v) is 4.58. The van der Waals surface area contributed by atoms with Gasteiger partial charge in [-0.15, -0.1) is 12.4 Å². The molecule has 1 unspecified atom stereocenters. The van der Waals surface area contributed by atoms with Gasteiger partial charge in [-0.2, -0.15) is 0 Å². The molecule has 1 aromatic heterocycles. The molecule has 0 aromatic carbocycles. The molecule has 1 aliphatic rings. The summed E-state index contributed by atoms with van der Waals surface area (Å²) in [5.41, 5.74) is 0.220. The van der Waals surface area contributed by atoms with Crippen molar-refractivity contribution in [1.82, 2.24) is 15.6 Å². The fraction of sp³-hybridized carbons (Fsp3) is 0.400. The highest BCUT2D eigenvalue weighted by molar-refractivity contribution is 9.10. The molecule has 1 fully saturated rings. The number of nitrogens with one attached hydrogen (secondary N) is 3. The lowest BCUT2D eigenvalue weighted by Crippen LogP contribution is -2.36. The van der Waals surface area contributed by atoms with Crippen LogP contribution >= 0.6 is 28.3 Å². The molecule has 1 aliphatic heterocycles. The zero-order valence-corrected chi connectivity index (χ0v) is 11.4. The molecule has 17 heavy (non-hydrogen) atoms. The van der Waals surface area contributed by atoms with Crippen molar-refractivity contribution in [3.63, 3.8) is 0 Å². The Hall–Kier alpha value is -0.850. The van der Waals surface area contributed by atoms with Gasteiger partial charge in [0.15, 0.2) is 0 Å². The zero-order valence-electron chi connectivity index (χ0n) is 8.96. The minimum absolute atomic E-state index is 0. The summed E-state index contributed by atoms with van der Waals surface area (Å²) >= 11 is 3.09. The van der Waals surface area contributed by atoms with Crippen molar-refractivity contribution in [2.75, 3.05) is 13.1 Å². The van der Waals surface area contributed by atoms with Crippen LogP contribution in [0.25, 0.3) is 0 Å². The lowest BCUT2D eigenvalue weighted by Gasteiger charge is -2.10. The molecule has 7 heteroatoms. The van der Waals surface area contributed by atoms with Gasteiger partial charge in [0.2, 0.25) is 0 Å². The van der Waals surface area contributed by atoms with Gasteiger partial charge in [0.05, 0.1) is 10.0 Å². The number of rotatable bonds is 2. The second-order valence-electron chi connectivity index (χ2n) is 3.73. The molecule has 5 nitrogen and oxygen atoms in total. The van der Waals surface area contributed by atoms with Crippen molar-refractivity contribution >= 4 is 34.2 Å². The van der Waals surface area contributed by atoms with E-state index in [0.29, 0.717) is 10.0 Å². The van der Waals surface area contributed by atoms with E-state index in [1.165, 1.54) is 12.3 Å². The normalized spacial score (nSPS) is 18.5. The van der Waals surface area contributed by atoms with Gasteiger partial charge in [-0.25, -0.2) is 0 Å². The monoisotopic (exact) mass is 321 g/mol. The first-order chi connectivity index (χ1) is 7.66. The fourth-order valence-corrected chi connectivity index (χ4v) is 1.99. The maximum absolute atomic E-state index is 11.8. The van der Waals surface area contributed by atoms with Crippen molar-refractivity contribution < 1.29 is 4.79 Å². The van der Waals surface area contributed by atoms with E-state index in [1.54, 1.807) is 0 Å². The molecule has 0 bridgehead atoms. The van der Waals surface area contributed by atoms with E-state index in [4.69, 9.17) is 0 Å². The largest absolute Gasteiger partial charge is 0.348 e. The quantitative estimate of drug-likeness (QED) is 0.748. The van der Waals surface area contributed by atoms with Crippen molar-refractivity contribution in [2.24, 2.45) is 0 Å². The van der Waals surface area contributed by atoms with Gasteiger partial charge in [-0.3, -0.25) is 9.59 Å². The predicted molar refractivity (Wildman–Crippen MR) is 70.8 cm³/mol. The number of hydrogen-bond acceptors (Lipinski definition) is 3. The van der Waals surface area contributed by atoms with Gasteiger partial charge in [0, 0.05) is 18.8 Å². The summed E-state index contributed by atoms with van der Waals surface area (Å²) in [6.07, 6.45) is 2.36. The molecule has 94 valence electrons. The van der Waals surface area contributed by atoms with Crippen LogP contribution in [-0.4, -0.2) is 30.0 Å². The highest BCUT2D eigenvalue weighted by Gasteiger charge is 2.17. The van der Waals surface area contributed by atoms with Crippen LogP contribution in [0.5, 0.6) is 0 Å². The molecule has 0 saturated carbocycles. The van der Waals surface area contributed by atoms with E-state index >= 15 is 0 Å². The average molecular weight is 323 g/mol. The van der Waals surface area contributed by atoms with Gasteiger partial charge in [0.1, 0.15) is 0 Å². The van der Waals surface area contributed by atoms with Crippen molar-refractivity contribution in [3.05, 3.63) is 32.7 Å². The number of hydrogen-bond donors (Lipinski definition) is 3. The fourth-order valence-electron chi connectivity index (χ4n) is 1.63. The Balaban J connectivity index is 0.00000144. The summed E-state index contributed by atoms with van der Waals surface area (Å²) in [6, 6.07) is 1.70. The van der Waals surface area contributed by atoms with E-state index in [9.17, 15) is 9.59 Å². The number of amides is 1. The highest BCUT2D eigenvalue weighted by Crippen LogP contribution is 2.06. The number of pyridine rings is 1. The number of halogens is 2. The van der Waals surface area contributed by atoms with Gasteiger partial charge in [-0.05, 0) is 35.0 Å². The summed E-state index contributed by atoms with van der Waals surface area (Å²) in [4.78, 5) is 25.4. The Bertz CT molecular complexity index is 457. The molecule has 0 spiro atoms. The van der Waals surface area contributed by atoms with E-state index in [2.05, 4.69) is 31.5 Å². The van der Waals surface area contributed by atoms with E-state index < -0.39 is 0 Å². The number of carbonyl (C=O) groups excluding carboxylic acids is 1. The number of aromatic nitrogens is 1. The Morgan fingerprint density at radius 2 is 2.29 bits per heavy atom. The van der Waals surface area contributed by atoms with E-state index in [0.717, 1.165) is 19.5 Å². The number of H-pyrrole nitrogens is 1. The Morgan fingerprint density at radius 3 is 2.88 bits per heavy atom. The molecular weight excluding hydrogens is 309 g/mol. The molecular formula is C10H13BrClN3O2. The molecule has 1 aromatic rings. The van der Waals surface area contributed by atoms with Crippen LogP contribution in [0.2, 0.25) is 0 Å². The molecule has 1 saturated heterocycles. The molecule has 0 radical (unpaired) electrons. The molecule has 0 aliphatic carbocycles. The SMILES string of the molecule is Cl.O=C(NC1CCNC1)c1c[nH]c(=O)c(Br)c1. The minimum Gasteiger partial charge on any atom is -0.348 e. The van der Waals surface area contributed by atoms with Crippen LogP contribution in [0.3, 0.4) is 0 Å². The highest BCUT2D eigenvalue weighted by atomic mass is 79.9. The lowest BCUT2D eigenvalue weighted by atomic mass is 10.2. The first-order valence-electron chi connectivity index (χ1n) is 5.06. The Kier molecular flexibility index (Phi) is 5.17. The van der Waals surface area contributed by atoms with Crippen LogP contribution in [-0.2, 0) is 0 Å². The van der Waals surface area contributed by atoms with E-state index in [-0.39, 0.29) is 29.9 Å². The van der Waals surface area contributed by atoms with Crippen LogP contribution in [0, 0.1) is 0 Å². The maximum Gasteiger partial charge on any atom is 0.262 e. The first kappa shape index (κ1) is 14.2. The van der Waals surface area contributed by atoms with Gasteiger partial charge in [-0.1, -0.05) is 0 Å². The Morgan fingerprint density at radius 1 is 1.53 bits per heavy atom. The molecule has 3 N–H and O–H groups in total. The van der Waals surface area contributed by atoms with Gasteiger partial charge in [0.25, 0.3) is 11.5 Å². The standard InChI is InChI=1S/C10H12BrN3O2.ClH/c11-8-3-6(4-13-10(8)16)9(15)14-7-1-2-12-5-7;/h3-4,7,12H,1-2,5H2,(H,13,16)(H,14,15);1H. The van der Waals surface area contributed by atoms with Crippen molar-refractivity contribution in [3.8, 4) is 0 Å². The molecule has 1 amide bonds. The van der Waals surface area contributed by atoms with Gasteiger partial charge < -0.3 is 15.6 Å². The van der Waals surface area contributed by atoms with Crippen molar-refractivity contribution in [2.45, 2.75) is 12.5 Å². The third-order valence-electron chi connectivity index (χ3n) is 2.52. The number of carbonyl (C=O) groups is 1. The first-order valence-corrected chi connectivity index (χ1v) is 5.86. The molecule has 1 atom stereocenters. The summed E-state index contributed by atoms with van der Waals surface area (Å²) in [6.45, 7) is 1.73. The summed E-state index contributed by atoms with van der Waals surface area (Å²) in [7, 11) is 0. The third-order valence-corrected chi connectivity index (χ3v) is 3.10. The van der Waals surface area contributed by atoms with Crippen LogP contribution in [0.15, 0.2) is 21.5 Å². The zero-order chi connectivity index (χ0) is 11.5. The average Bonchev–Trinajstić information content (AvgIpc) is 2.74. The number of aromatic amines is 1. The summed E-state index contributed by atoms with van der Waals surface area (Å²) in [5.74, 6) is -0.161. The van der Waals surface area contributed by atoms with Crippen molar-refractivity contribution in [1.29, 1.82) is 0 Å². The van der Waals surface area contributed by atoms with Gasteiger partial charge >= 0.3 is 0 Å². The lowest BCUT2D eigenvalue weighted by molar-refractivity contribution is 0.0939. The predicted octanol–water partition coefficient (Wildman–Crippen LogP) is 0.651. The topological polar surface area (TPSA) is 74.0 Å². The van der Waals surface area contributed by atoms with Crippen LogP contribution in [0.4, 0.5) is 0 Å². The van der Waals surface area contributed by atoms with Crippen LogP contribution < -0.4 is 16.2 Å². The Labute approximate surface area is 113 Å². The summed E-state index contributed by atoms with van der Waals surface area (Å²) in [5, 5.41) is 6.07. The van der Waals surface area contributed by atoms with E-state index in [1.807, 2.05) is 0 Å².